The number of pyridine rings is 1. The van der Waals surface area contributed by atoms with Gasteiger partial charge in [0.2, 0.25) is 0 Å². The van der Waals surface area contributed by atoms with Crippen LogP contribution in [0.2, 0.25) is 0 Å². The Labute approximate surface area is 126 Å². The van der Waals surface area contributed by atoms with Gasteiger partial charge in [-0.15, -0.1) is 0 Å². The van der Waals surface area contributed by atoms with Gasteiger partial charge in [-0.05, 0) is 31.2 Å². The SMILES string of the molecule is CC1CC(C)CN(CC(C)Nc2ccncc2C(N)=O)C1. The number of hydrogen-bond acceptors (Lipinski definition) is 4. The van der Waals surface area contributed by atoms with Gasteiger partial charge in [-0.25, -0.2) is 0 Å². The van der Waals surface area contributed by atoms with Crippen LogP contribution in [-0.2, 0) is 0 Å². The number of likely N-dealkylation sites (tertiary alicyclic amines) is 1. The van der Waals surface area contributed by atoms with Crippen molar-refractivity contribution in [3.8, 4) is 0 Å². The monoisotopic (exact) mass is 290 g/mol. The van der Waals surface area contributed by atoms with Crippen LogP contribution in [0.25, 0.3) is 0 Å². The Hall–Kier alpha value is -1.62. The maximum atomic E-state index is 11.4. The molecule has 1 aliphatic heterocycles. The standard InChI is InChI=1S/C16H26N4O/c1-11-6-12(2)9-20(8-11)10-13(3)19-15-4-5-18-7-14(15)16(17)21/h4-5,7,11-13H,6,8-10H2,1-3H3,(H2,17,21)(H,18,19). The third kappa shape index (κ3) is 4.43. The van der Waals surface area contributed by atoms with E-state index in [1.54, 1.807) is 12.3 Å². The lowest BCUT2D eigenvalue weighted by Gasteiger charge is -2.36. The summed E-state index contributed by atoms with van der Waals surface area (Å²) in [5.74, 6) is 1.06. The summed E-state index contributed by atoms with van der Waals surface area (Å²) in [6, 6.07) is 2.06. The van der Waals surface area contributed by atoms with Crippen molar-refractivity contribution < 1.29 is 4.79 Å². The lowest BCUT2D eigenvalue weighted by molar-refractivity contribution is 0.100. The zero-order valence-electron chi connectivity index (χ0n) is 13.2. The number of nitrogens with one attached hydrogen (secondary N) is 1. The van der Waals surface area contributed by atoms with Crippen LogP contribution in [0.1, 0.15) is 37.6 Å². The number of carbonyl (C=O) groups excluding carboxylic acids is 1. The van der Waals surface area contributed by atoms with Gasteiger partial charge in [-0.3, -0.25) is 9.78 Å². The quantitative estimate of drug-likeness (QED) is 0.869. The lowest BCUT2D eigenvalue weighted by atomic mass is 9.92. The second kappa shape index (κ2) is 6.89. The molecular formula is C16H26N4O. The van der Waals surface area contributed by atoms with Gasteiger partial charge in [0, 0.05) is 38.1 Å². The van der Waals surface area contributed by atoms with Crippen LogP contribution in [0.3, 0.4) is 0 Å². The number of nitrogens with zero attached hydrogens (tertiary/aromatic N) is 2. The molecule has 3 atom stereocenters. The lowest BCUT2D eigenvalue weighted by Crippen LogP contribution is -2.43. The van der Waals surface area contributed by atoms with E-state index in [4.69, 9.17) is 5.73 Å². The second-order valence-corrected chi connectivity index (χ2v) is 6.50. The summed E-state index contributed by atoms with van der Waals surface area (Å²) in [4.78, 5) is 17.9. The predicted octanol–water partition coefficient (Wildman–Crippen LogP) is 1.96. The topological polar surface area (TPSA) is 71.2 Å². The fourth-order valence-corrected chi connectivity index (χ4v) is 3.36. The van der Waals surface area contributed by atoms with E-state index in [1.165, 1.54) is 12.6 Å². The first kappa shape index (κ1) is 15.8. The number of nitrogens with two attached hydrogens (primary N) is 1. The molecule has 21 heavy (non-hydrogen) atoms. The molecule has 5 nitrogen and oxygen atoms in total. The number of aromatic nitrogens is 1. The fourth-order valence-electron chi connectivity index (χ4n) is 3.36. The van der Waals surface area contributed by atoms with Crippen molar-refractivity contribution in [2.75, 3.05) is 25.0 Å². The van der Waals surface area contributed by atoms with E-state index in [-0.39, 0.29) is 6.04 Å². The minimum absolute atomic E-state index is 0.253. The molecule has 116 valence electrons. The Morgan fingerprint density at radius 1 is 1.48 bits per heavy atom. The molecule has 1 aromatic heterocycles. The summed E-state index contributed by atoms with van der Waals surface area (Å²) in [5, 5.41) is 3.39. The molecule has 5 heteroatoms. The molecule has 1 saturated heterocycles. The van der Waals surface area contributed by atoms with E-state index < -0.39 is 5.91 Å². The fraction of sp³-hybridized carbons (Fsp3) is 0.625. The first-order valence-electron chi connectivity index (χ1n) is 7.68. The Morgan fingerprint density at radius 3 is 2.76 bits per heavy atom. The minimum atomic E-state index is -0.446. The number of amides is 1. The van der Waals surface area contributed by atoms with Gasteiger partial charge in [0.25, 0.3) is 5.91 Å². The van der Waals surface area contributed by atoms with E-state index in [2.05, 4.69) is 36.0 Å². The molecule has 1 amide bonds. The van der Waals surface area contributed by atoms with Gasteiger partial charge >= 0.3 is 0 Å². The number of anilines is 1. The molecular weight excluding hydrogens is 264 g/mol. The zero-order chi connectivity index (χ0) is 15.4. The van der Waals surface area contributed by atoms with Crippen molar-refractivity contribution >= 4 is 11.6 Å². The number of rotatable bonds is 5. The first-order valence-corrected chi connectivity index (χ1v) is 7.68. The Bertz CT molecular complexity index is 481. The molecule has 2 heterocycles. The summed E-state index contributed by atoms with van der Waals surface area (Å²) < 4.78 is 0. The molecule has 1 aromatic rings. The average Bonchev–Trinajstić information content (AvgIpc) is 2.37. The molecule has 0 spiro atoms. The van der Waals surface area contributed by atoms with Gasteiger partial charge in [0.05, 0.1) is 11.3 Å². The van der Waals surface area contributed by atoms with Crippen molar-refractivity contribution in [3.63, 3.8) is 0 Å². The van der Waals surface area contributed by atoms with Gasteiger partial charge in [-0.2, -0.15) is 0 Å². The largest absolute Gasteiger partial charge is 0.381 e. The van der Waals surface area contributed by atoms with Crippen molar-refractivity contribution in [2.45, 2.75) is 33.2 Å². The van der Waals surface area contributed by atoms with E-state index in [1.807, 2.05) is 0 Å². The van der Waals surface area contributed by atoms with E-state index in [9.17, 15) is 4.79 Å². The molecule has 0 saturated carbocycles. The molecule has 1 fully saturated rings. The van der Waals surface area contributed by atoms with E-state index in [0.29, 0.717) is 5.56 Å². The summed E-state index contributed by atoms with van der Waals surface area (Å²) >= 11 is 0. The van der Waals surface area contributed by atoms with Crippen LogP contribution < -0.4 is 11.1 Å². The highest BCUT2D eigenvalue weighted by molar-refractivity contribution is 5.98. The third-order valence-electron chi connectivity index (χ3n) is 3.96. The van der Waals surface area contributed by atoms with Crippen LogP contribution in [0.15, 0.2) is 18.5 Å². The average molecular weight is 290 g/mol. The van der Waals surface area contributed by atoms with Gasteiger partial charge in [0.15, 0.2) is 0 Å². The van der Waals surface area contributed by atoms with Crippen molar-refractivity contribution in [3.05, 3.63) is 24.0 Å². The Kier molecular flexibility index (Phi) is 5.17. The van der Waals surface area contributed by atoms with E-state index in [0.717, 1.165) is 37.2 Å². The molecule has 1 aliphatic rings. The molecule has 0 bridgehead atoms. The van der Waals surface area contributed by atoms with Gasteiger partial charge in [-0.1, -0.05) is 13.8 Å². The first-order chi connectivity index (χ1) is 9.95. The number of piperidine rings is 1. The highest BCUT2D eigenvalue weighted by atomic mass is 16.1. The summed E-state index contributed by atoms with van der Waals surface area (Å²) in [6.07, 6.45) is 4.50. The highest BCUT2D eigenvalue weighted by Gasteiger charge is 2.23. The number of primary amides is 1. The van der Waals surface area contributed by atoms with Crippen LogP contribution in [0.5, 0.6) is 0 Å². The molecule has 2 rings (SSSR count). The molecule has 0 radical (unpaired) electrons. The second-order valence-electron chi connectivity index (χ2n) is 6.50. The van der Waals surface area contributed by atoms with Crippen LogP contribution >= 0.6 is 0 Å². The normalized spacial score (nSPS) is 24.5. The van der Waals surface area contributed by atoms with Crippen LogP contribution in [0, 0.1) is 11.8 Å². The maximum Gasteiger partial charge on any atom is 0.252 e. The Morgan fingerprint density at radius 2 is 2.14 bits per heavy atom. The maximum absolute atomic E-state index is 11.4. The van der Waals surface area contributed by atoms with E-state index >= 15 is 0 Å². The molecule has 3 unspecified atom stereocenters. The number of hydrogen-bond donors (Lipinski definition) is 2. The number of carbonyl (C=O) groups is 1. The Balaban J connectivity index is 1.96. The van der Waals surface area contributed by atoms with Crippen LogP contribution in [0.4, 0.5) is 5.69 Å². The van der Waals surface area contributed by atoms with Crippen molar-refractivity contribution in [1.82, 2.24) is 9.88 Å². The summed E-state index contributed by atoms with van der Waals surface area (Å²) in [6.45, 7) is 10.0. The minimum Gasteiger partial charge on any atom is -0.381 e. The smallest absolute Gasteiger partial charge is 0.252 e. The molecule has 3 N–H and O–H groups in total. The highest BCUT2D eigenvalue weighted by Crippen LogP contribution is 2.21. The summed E-state index contributed by atoms with van der Waals surface area (Å²) in [5.41, 5.74) is 6.60. The zero-order valence-corrected chi connectivity index (χ0v) is 13.2. The van der Waals surface area contributed by atoms with Gasteiger partial charge in [0.1, 0.15) is 0 Å². The van der Waals surface area contributed by atoms with Crippen LogP contribution in [-0.4, -0.2) is 41.5 Å². The predicted molar refractivity (Wildman–Crippen MR) is 85.2 cm³/mol. The molecule has 0 aromatic carbocycles. The molecule has 0 aliphatic carbocycles. The third-order valence-corrected chi connectivity index (χ3v) is 3.96. The van der Waals surface area contributed by atoms with Crippen molar-refractivity contribution in [1.29, 1.82) is 0 Å². The van der Waals surface area contributed by atoms with Crippen molar-refractivity contribution in [2.24, 2.45) is 17.6 Å². The summed E-state index contributed by atoms with van der Waals surface area (Å²) in [7, 11) is 0. The van der Waals surface area contributed by atoms with Gasteiger partial charge < -0.3 is 16.0 Å².